The second kappa shape index (κ2) is 7.75. The molecule has 4 aromatic rings. The van der Waals surface area contributed by atoms with Gasteiger partial charge in [0.1, 0.15) is 35.6 Å². The molecule has 32 heavy (non-hydrogen) atoms. The predicted octanol–water partition coefficient (Wildman–Crippen LogP) is 2.46. The number of carbonyl (C=O) groups is 1. The highest BCUT2D eigenvalue weighted by atomic mass is 32.1. The molecule has 5 rings (SSSR count). The first-order valence-electron chi connectivity index (χ1n) is 10.2. The van der Waals surface area contributed by atoms with Crippen molar-refractivity contribution in [3.63, 3.8) is 0 Å². The van der Waals surface area contributed by atoms with Gasteiger partial charge in [-0.05, 0) is 32.3 Å². The standard InChI is InChI=1S/C21H20F2N6O2S/c1-12(26-19(30)16-8-29-17-3-2-4-18(17)32-20(29)27-16)21(31,9-28-11-24-10-25-28)14-6-5-13(22)7-15(14)23/h5-8,10-12,31H,2-4,9H2,1H3,(H,26,30)/t12-,21-/m1/s1. The summed E-state index contributed by atoms with van der Waals surface area (Å²) in [6.45, 7) is 1.34. The smallest absolute Gasteiger partial charge is 0.271 e. The number of aromatic nitrogens is 5. The van der Waals surface area contributed by atoms with Crippen LogP contribution in [-0.4, -0.2) is 41.2 Å². The third-order valence-electron chi connectivity index (χ3n) is 5.88. The van der Waals surface area contributed by atoms with Crippen LogP contribution in [0, 0.1) is 11.6 Å². The Kier molecular flexibility index (Phi) is 5.01. The first kappa shape index (κ1) is 20.7. The quantitative estimate of drug-likeness (QED) is 0.463. The first-order chi connectivity index (χ1) is 15.3. The van der Waals surface area contributed by atoms with Crippen molar-refractivity contribution >= 4 is 22.2 Å². The molecule has 2 atom stereocenters. The molecular formula is C21H20F2N6O2S. The van der Waals surface area contributed by atoms with E-state index < -0.39 is 29.2 Å². The fourth-order valence-corrected chi connectivity index (χ4v) is 5.35. The molecule has 8 nitrogen and oxygen atoms in total. The summed E-state index contributed by atoms with van der Waals surface area (Å²) in [7, 11) is 0. The van der Waals surface area contributed by atoms with E-state index in [9.17, 15) is 18.7 Å². The van der Waals surface area contributed by atoms with E-state index >= 15 is 0 Å². The molecule has 0 fully saturated rings. The number of imidazole rings is 1. The van der Waals surface area contributed by atoms with Crippen molar-refractivity contribution in [1.82, 2.24) is 29.5 Å². The minimum atomic E-state index is -1.93. The van der Waals surface area contributed by atoms with E-state index in [1.165, 1.54) is 34.0 Å². The zero-order valence-electron chi connectivity index (χ0n) is 17.1. The largest absolute Gasteiger partial charge is 0.381 e. The lowest BCUT2D eigenvalue weighted by Gasteiger charge is -2.35. The first-order valence-corrected chi connectivity index (χ1v) is 11.0. The molecule has 11 heteroatoms. The molecule has 0 bridgehead atoms. The normalized spacial score (nSPS) is 16.1. The molecule has 0 aliphatic heterocycles. The van der Waals surface area contributed by atoms with Crippen LogP contribution in [0.25, 0.3) is 4.96 Å². The third kappa shape index (κ3) is 3.47. The van der Waals surface area contributed by atoms with Gasteiger partial charge in [0.15, 0.2) is 4.96 Å². The van der Waals surface area contributed by atoms with E-state index in [0.29, 0.717) is 6.07 Å². The molecule has 0 spiro atoms. The van der Waals surface area contributed by atoms with Crippen molar-refractivity contribution in [1.29, 1.82) is 0 Å². The highest BCUT2D eigenvalue weighted by Gasteiger charge is 2.40. The Morgan fingerprint density at radius 3 is 2.97 bits per heavy atom. The maximum absolute atomic E-state index is 14.6. The van der Waals surface area contributed by atoms with Crippen LogP contribution in [-0.2, 0) is 25.0 Å². The van der Waals surface area contributed by atoms with Gasteiger partial charge in [0.05, 0.1) is 12.6 Å². The highest BCUT2D eigenvalue weighted by Crippen LogP contribution is 2.32. The number of aliphatic hydroxyl groups is 1. The number of rotatable bonds is 6. The van der Waals surface area contributed by atoms with Gasteiger partial charge in [-0.15, -0.1) is 11.3 Å². The molecule has 1 aliphatic carbocycles. The Bertz CT molecular complexity index is 1300. The van der Waals surface area contributed by atoms with Gasteiger partial charge in [-0.1, -0.05) is 6.07 Å². The van der Waals surface area contributed by atoms with Crippen molar-refractivity contribution < 1.29 is 18.7 Å². The minimum Gasteiger partial charge on any atom is -0.381 e. The number of nitrogens with one attached hydrogen (secondary N) is 1. The zero-order valence-corrected chi connectivity index (χ0v) is 17.9. The molecule has 1 aromatic carbocycles. The average molecular weight is 458 g/mol. The number of hydrogen-bond acceptors (Lipinski definition) is 6. The van der Waals surface area contributed by atoms with Crippen LogP contribution in [0.3, 0.4) is 0 Å². The molecule has 0 saturated heterocycles. The molecule has 166 valence electrons. The second-order valence-electron chi connectivity index (χ2n) is 7.94. The van der Waals surface area contributed by atoms with E-state index in [1.807, 2.05) is 4.40 Å². The van der Waals surface area contributed by atoms with Gasteiger partial charge in [-0.25, -0.2) is 23.4 Å². The van der Waals surface area contributed by atoms with Crippen molar-refractivity contribution in [3.05, 3.63) is 70.5 Å². The van der Waals surface area contributed by atoms with Gasteiger partial charge in [-0.3, -0.25) is 9.20 Å². The van der Waals surface area contributed by atoms with Crippen LogP contribution >= 0.6 is 11.3 Å². The number of thiazole rings is 1. The van der Waals surface area contributed by atoms with Crippen molar-refractivity contribution in [3.8, 4) is 0 Å². The number of nitrogens with zero attached hydrogens (tertiary/aromatic N) is 5. The van der Waals surface area contributed by atoms with Crippen molar-refractivity contribution in [2.75, 3.05) is 0 Å². The Morgan fingerprint density at radius 1 is 1.38 bits per heavy atom. The third-order valence-corrected chi connectivity index (χ3v) is 7.04. The van der Waals surface area contributed by atoms with E-state index in [4.69, 9.17) is 0 Å². The van der Waals surface area contributed by atoms with Gasteiger partial charge >= 0.3 is 0 Å². The van der Waals surface area contributed by atoms with Gasteiger partial charge in [-0.2, -0.15) is 5.10 Å². The van der Waals surface area contributed by atoms with Gasteiger partial charge < -0.3 is 10.4 Å². The molecular weight excluding hydrogens is 438 g/mol. The van der Waals surface area contributed by atoms with E-state index in [2.05, 4.69) is 20.4 Å². The van der Waals surface area contributed by atoms with Crippen LogP contribution < -0.4 is 5.32 Å². The highest BCUT2D eigenvalue weighted by molar-refractivity contribution is 7.17. The molecule has 0 radical (unpaired) electrons. The number of aryl methyl sites for hydroxylation is 2. The molecule has 0 saturated carbocycles. The summed E-state index contributed by atoms with van der Waals surface area (Å²) in [6.07, 6.45) is 7.40. The van der Waals surface area contributed by atoms with Crippen molar-refractivity contribution in [2.24, 2.45) is 0 Å². The number of carbonyl (C=O) groups excluding carboxylic acids is 1. The molecule has 0 unspecified atom stereocenters. The summed E-state index contributed by atoms with van der Waals surface area (Å²) in [5, 5.41) is 18.2. The van der Waals surface area contributed by atoms with Gasteiger partial charge in [0.25, 0.3) is 5.91 Å². The zero-order chi connectivity index (χ0) is 22.5. The number of amides is 1. The van der Waals surface area contributed by atoms with E-state index in [-0.39, 0.29) is 17.8 Å². The molecule has 3 heterocycles. The van der Waals surface area contributed by atoms with Crippen molar-refractivity contribution in [2.45, 2.75) is 44.4 Å². The van der Waals surface area contributed by atoms with E-state index in [0.717, 1.165) is 30.3 Å². The lowest BCUT2D eigenvalue weighted by molar-refractivity contribution is -0.0186. The number of hydrogen-bond donors (Lipinski definition) is 2. The molecule has 1 amide bonds. The summed E-state index contributed by atoms with van der Waals surface area (Å²) in [5.41, 5.74) is -0.702. The van der Waals surface area contributed by atoms with Gasteiger partial charge in [0, 0.05) is 28.4 Å². The molecule has 2 N–H and O–H groups in total. The van der Waals surface area contributed by atoms with E-state index in [1.54, 1.807) is 24.5 Å². The Morgan fingerprint density at radius 2 is 2.22 bits per heavy atom. The minimum absolute atomic E-state index is 0.161. The summed E-state index contributed by atoms with van der Waals surface area (Å²) in [6, 6.07) is 1.95. The summed E-state index contributed by atoms with van der Waals surface area (Å²) < 4.78 is 31.4. The van der Waals surface area contributed by atoms with Crippen LogP contribution in [0.2, 0.25) is 0 Å². The predicted molar refractivity (Wildman–Crippen MR) is 112 cm³/mol. The molecule has 1 aliphatic rings. The topological polar surface area (TPSA) is 97.3 Å². The second-order valence-corrected chi connectivity index (χ2v) is 9.00. The molecule has 3 aromatic heterocycles. The average Bonchev–Trinajstić information content (AvgIpc) is 3.50. The summed E-state index contributed by atoms with van der Waals surface area (Å²) in [4.78, 5) is 23.3. The number of benzene rings is 1. The van der Waals surface area contributed by atoms with Crippen LogP contribution in [0.1, 0.15) is 40.0 Å². The van der Waals surface area contributed by atoms with Gasteiger partial charge in [0.2, 0.25) is 0 Å². The lowest BCUT2D eigenvalue weighted by atomic mass is 9.86. The van der Waals surface area contributed by atoms with Crippen LogP contribution in [0.5, 0.6) is 0 Å². The Hall–Kier alpha value is -3.18. The number of fused-ring (bicyclic) bond motifs is 3. The lowest BCUT2D eigenvalue weighted by Crippen LogP contribution is -2.52. The fraction of sp³-hybridized carbons (Fsp3) is 0.333. The Labute approximate surface area is 185 Å². The monoisotopic (exact) mass is 458 g/mol. The number of halogens is 2. The maximum atomic E-state index is 14.6. The summed E-state index contributed by atoms with van der Waals surface area (Å²) in [5.74, 6) is -2.19. The SMILES string of the molecule is C[C@@H](NC(=O)c1cn2c3c(sc2n1)CCC3)[C@](O)(Cn1cncn1)c1ccc(F)cc1F. The summed E-state index contributed by atoms with van der Waals surface area (Å²) >= 11 is 1.57. The van der Waals surface area contributed by atoms with Crippen LogP contribution in [0.4, 0.5) is 8.78 Å². The van der Waals surface area contributed by atoms with Crippen LogP contribution in [0.15, 0.2) is 37.1 Å². The fourth-order valence-electron chi connectivity index (χ4n) is 4.16. The maximum Gasteiger partial charge on any atom is 0.271 e. The Balaban J connectivity index is 1.45.